The molecule has 2 nitrogen and oxygen atoms in total. The third-order valence-corrected chi connectivity index (χ3v) is 4.44. The molecule has 1 aromatic rings. The number of hydrogen-bond acceptors (Lipinski definition) is 2. The molecule has 0 radical (unpaired) electrons. The van der Waals surface area contributed by atoms with Crippen molar-refractivity contribution in [2.45, 2.75) is 32.7 Å². The molecule has 1 aliphatic rings. The minimum Gasteiger partial charge on any atom is -0.320 e. The third kappa shape index (κ3) is 5.25. The van der Waals surface area contributed by atoms with Gasteiger partial charge in [-0.1, -0.05) is 17.7 Å². The van der Waals surface area contributed by atoms with Crippen LogP contribution in [0.4, 0.5) is 0 Å². The van der Waals surface area contributed by atoms with Gasteiger partial charge in [0.2, 0.25) is 0 Å². The number of nitrogens with one attached hydrogen (secondary N) is 1. The Morgan fingerprint density at radius 1 is 1.30 bits per heavy atom. The second-order valence-electron chi connectivity index (χ2n) is 5.68. The highest BCUT2D eigenvalue weighted by Gasteiger charge is 2.19. The van der Waals surface area contributed by atoms with Crippen LogP contribution in [0.5, 0.6) is 0 Å². The van der Waals surface area contributed by atoms with Crippen LogP contribution >= 0.6 is 24.0 Å². The molecule has 0 amide bonds. The lowest BCUT2D eigenvalue weighted by Crippen LogP contribution is -2.34. The zero-order valence-electron chi connectivity index (χ0n) is 12.5. The predicted molar refractivity (Wildman–Crippen MR) is 90.0 cm³/mol. The average molecular weight is 317 g/mol. The Hall–Kier alpha value is -0.280. The molecule has 0 aliphatic carbocycles. The van der Waals surface area contributed by atoms with Gasteiger partial charge in [0.15, 0.2) is 0 Å². The molecule has 0 spiro atoms. The standard InChI is InChI=1S/C16H25ClN2.ClH/c1-13-11-16(17)4-3-15(13)12-19-9-6-14(7-10-19)5-8-18-2;/h3-4,11,14,18H,5-10,12H2,1-2H3;1H. The topological polar surface area (TPSA) is 15.3 Å². The van der Waals surface area contributed by atoms with Gasteiger partial charge in [0, 0.05) is 11.6 Å². The zero-order chi connectivity index (χ0) is 13.7. The number of benzene rings is 1. The molecule has 0 saturated carbocycles. The molecule has 0 atom stereocenters. The molecule has 1 N–H and O–H groups in total. The van der Waals surface area contributed by atoms with Gasteiger partial charge in [-0.25, -0.2) is 0 Å². The van der Waals surface area contributed by atoms with Gasteiger partial charge in [-0.3, -0.25) is 4.90 Å². The molecule has 0 unspecified atom stereocenters. The summed E-state index contributed by atoms with van der Waals surface area (Å²) in [7, 11) is 2.04. The number of halogens is 2. The fourth-order valence-corrected chi connectivity index (χ4v) is 3.09. The van der Waals surface area contributed by atoms with E-state index < -0.39 is 0 Å². The van der Waals surface area contributed by atoms with Gasteiger partial charge in [-0.15, -0.1) is 12.4 Å². The lowest BCUT2D eigenvalue weighted by molar-refractivity contribution is 0.172. The summed E-state index contributed by atoms with van der Waals surface area (Å²) in [4.78, 5) is 2.58. The molecular weight excluding hydrogens is 291 g/mol. The molecule has 1 aromatic carbocycles. The summed E-state index contributed by atoms with van der Waals surface area (Å²) in [6.07, 6.45) is 4.01. The van der Waals surface area contributed by atoms with E-state index in [0.717, 1.165) is 24.0 Å². The van der Waals surface area contributed by atoms with Crippen molar-refractivity contribution in [2.75, 3.05) is 26.7 Å². The van der Waals surface area contributed by atoms with Crippen molar-refractivity contribution in [1.82, 2.24) is 10.2 Å². The number of rotatable bonds is 5. The first-order chi connectivity index (χ1) is 9.19. The van der Waals surface area contributed by atoms with Crippen molar-refractivity contribution in [1.29, 1.82) is 0 Å². The summed E-state index contributed by atoms with van der Waals surface area (Å²) in [5, 5.41) is 4.09. The van der Waals surface area contributed by atoms with E-state index in [1.807, 2.05) is 13.1 Å². The third-order valence-electron chi connectivity index (χ3n) is 4.21. The Morgan fingerprint density at radius 3 is 2.60 bits per heavy atom. The van der Waals surface area contributed by atoms with Crippen LogP contribution in [0.1, 0.15) is 30.4 Å². The average Bonchev–Trinajstić information content (AvgIpc) is 2.41. The predicted octanol–water partition coefficient (Wildman–Crippen LogP) is 3.89. The molecule has 2 rings (SSSR count). The first-order valence-corrected chi connectivity index (χ1v) is 7.69. The van der Waals surface area contributed by atoms with E-state index in [-0.39, 0.29) is 12.4 Å². The minimum absolute atomic E-state index is 0. The molecule has 1 aliphatic heterocycles. The fourth-order valence-electron chi connectivity index (χ4n) is 2.86. The summed E-state index contributed by atoms with van der Waals surface area (Å²) < 4.78 is 0. The van der Waals surface area contributed by atoms with Crippen molar-refractivity contribution in [3.8, 4) is 0 Å². The zero-order valence-corrected chi connectivity index (χ0v) is 14.1. The van der Waals surface area contributed by atoms with Gasteiger partial charge in [0.25, 0.3) is 0 Å². The molecule has 1 fully saturated rings. The van der Waals surface area contributed by atoms with Gasteiger partial charge < -0.3 is 5.32 Å². The second-order valence-corrected chi connectivity index (χ2v) is 6.12. The van der Waals surface area contributed by atoms with Gasteiger partial charge in [0.05, 0.1) is 0 Å². The van der Waals surface area contributed by atoms with Crippen LogP contribution in [0.15, 0.2) is 18.2 Å². The van der Waals surface area contributed by atoms with Crippen molar-refractivity contribution in [2.24, 2.45) is 5.92 Å². The SMILES string of the molecule is CNCCC1CCN(Cc2ccc(Cl)cc2C)CC1.Cl. The molecule has 1 saturated heterocycles. The fraction of sp³-hybridized carbons (Fsp3) is 0.625. The number of hydrogen-bond donors (Lipinski definition) is 1. The Balaban J connectivity index is 0.00000200. The first-order valence-electron chi connectivity index (χ1n) is 7.31. The maximum Gasteiger partial charge on any atom is 0.0408 e. The van der Waals surface area contributed by atoms with Crippen LogP contribution in [0.25, 0.3) is 0 Å². The van der Waals surface area contributed by atoms with Crippen LogP contribution in [0.3, 0.4) is 0 Å². The second kappa shape index (κ2) is 8.89. The maximum atomic E-state index is 6.01. The molecule has 4 heteroatoms. The van der Waals surface area contributed by atoms with E-state index in [0.29, 0.717) is 0 Å². The molecule has 20 heavy (non-hydrogen) atoms. The van der Waals surface area contributed by atoms with Crippen LogP contribution < -0.4 is 5.32 Å². The van der Waals surface area contributed by atoms with E-state index in [4.69, 9.17) is 11.6 Å². The monoisotopic (exact) mass is 316 g/mol. The largest absolute Gasteiger partial charge is 0.320 e. The highest BCUT2D eigenvalue weighted by Crippen LogP contribution is 2.23. The van der Waals surface area contributed by atoms with Crippen LogP contribution in [-0.2, 0) is 6.54 Å². The first kappa shape index (κ1) is 17.8. The van der Waals surface area contributed by atoms with Crippen LogP contribution in [0.2, 0.25) is 5.02 Å². The number of aryl methyl sites for hydroxylation is 1. The van der Waals surface area contributed by atoms with Gasteiger partial charge in [0.1, 0.15) is 0 Å². The Kier molecular flexibility index (Phi) is 7.90. The van der Waals surface area contributed by atoms with E-state index in [1.54, 1.807) is 0 Å². The molecule has 0 aromatic heterocycles. The highest BCUT2D eigenvalue weighted by molar-refractivity contribution is 6.30. The van der Waals surface area contributed by atoms with E-state index in [9.17, 15) is 0 Å². The summed E-state index contributed by atoms with van der Waals surface area (Å²) >= 11 is 6.01. The maximum absolute atomic E-state index is 6.01. The molecule has 0 bridgehead atoms. The highest BCUT2D eigenvalue weighted by atomic mass is 35.5. The summed E-state index contributed by atoms with van der Waals surface area (Å²) in [5.74, 6) is 0.912. The van der Waals surface area contributed by atoms with E-state index in [2.05, 4.69) is 29.3 Å². The van der Waals surface area contributed by atoms with Crippen molar-refractivity contribution in [3.05, 3.63) is 34.3 Å². The molecule has 114 valence electrons. The van der Waals surface area contributed by atoms with Crippen LogP contribution in [0, 0.1) is 12.8 Å². The number of nitrogens with zero attached hydrogens (tertiary/aromatic N) is 1. The van der Waals surface area contributed by atoms with Gasteiger partial charge >= 0.3 is 0 Å². The van der Waals surface area contributed by atoms with E-state index in [1.165, 1.54) is 43.5 Å². The molecule has 1 heterocycles. The lowest BCUT2D eigenvalue weighted by atomic mass is 9.93. The normalized spacial score (nSPS) is 16.9. The summed E-state index contributed by atoms with van der Waals surface area (Å²) in [6.45, 7) is 6.84. The van der Waals surface area contributed by atoms with E-state index >= 15 is 0 Å². The van der Waals surface area contributed by atoms with Crippen molar-refractivity contribution in [3.63, 3.8) is 0 Å². The van der Waals surface area contributed by atoms with Gasteiger partial charge in [-0.05, 0) is 82.0 Å². The summed E-state index contributed by atoms with van der Waals surface area (Å²) in [6, 6.07) is 6.24. The Labute approximate surface area is 134 Å². The number of likely N-dealkylation sites (tertiary alicyclic amines) is 1. The molecular formula is C16H26Cl2N2. The lowest BCUT2D eigenvalue weighted by Gasteiger charge is -2.32. The summed E-state index contributed by atoms with van der Waals surface area (Å²) in [5.41, 5.74) is 2.72. The Morgan fingerprint density at radius 2 is 2.00 bits per heavy atom. The van der Waals surface area contributed by atoms with Gasteiger partial charge in [-0.2, -0.15) is 0 Å². The van der Waals surface area contributed by atoms with Crippen molar-refractivity contribution >= 4 is 24.0 Å². The number of piperidine rings is 1. The Bertz CT molecular complexity index is 401. The van der Waals surface area contributed by atoms with Crippen molar-refractivity contribution < 1.29 is 0 Å². The quantitative estimate of drug-likeness (QED) is 0.886. The minimum atomic E-state index is 0. The smallest absolute Gasteiger partial charge is 0.0408 e. The van der Waals surface area contributed by atoms with Crippen LogP contribution in [-0.4, -0.2) is 31.6 Å².